The minimum absolute atomic E-state index is 0.0301. The first-order chi connectivity index (χ1) is 9.45. The fraction of sp³-hybridized carbons (Fsp3) is 0.769. The van der Waals surface area contributed by atoms with Gasteiger partial charge < -0.3 is 19.4 Å². The Morgan fingerprint density at radius 2 is 1.60 bits per heavy atom. The van der Waals surface area contributed by atoms with Gasteiger partial charge in [-0.1, -0.05) is 0 Å². The number of hydrogen-bond donors (Lipinski definition) is 0. The van der Waals surface area contributed by atoms with E-state index in [1.165, 1.54) is 18.7 Å². The normalized spacial score (nSPS) is 15.2. The third-order valence-corrected chi connectivity index (χ3v) is 3.41. The zero-order chi connectivity index (χ0) is 15.1. The highest BCUT2D eigenvalue weighted by Crippen LogP contribution is 2.04. The molecule has 0 aromatic heterocycles. The SMILES string of the molecule is COCCN(CC(=O)N1CCN(C(C)=O)CC1)C(C)=O. The maximum atomic E-state index is 12.1. The minimum Gasteiger partial charge on any atom is -0.383 e. The van der Waals surface area contributed by atoms with Crippen LogP contribution in [0.1, 0.15) is 13.8 Å². The molecular formula is C13H23N3O4. The van der Waals surface area contributed by atoms with Gasteiger partial charge in [-0.05, 0) is 0 Å². The monoisotopic (exact) mass is 285 g/mol. The van der Waals surface area contributed by atoms with Gasteiger partial charge in [0.25, 0.3) is 0 Å². The summed E-state index contributed by atoms with van der Waals surface area (Å²) in [6.45, 7) is 6.01. The Hall–Kier alpha value is -1.63. The van der Waals surface area contributed by atoms with E-state index in [-0.39, 0.29) is 24.3 Å². The van der Waals surface area contributed by atoms with Gasteiger partial charge in [0.2, 0.25) is 17.7 Å². The molecule has 20 heavy (non-hydrogen) atoms. The standard InChI is InChI=1S/C13H23N3O4/c1-11(17)14-4-6-15(7-5-14)13(19)10-16(12(2)18)8-9-20-3/h4-10H2,1-3H3. The first kappa shape index (κ1) is 16.4. The number of amides is 3. The lowest BCUT2D eigenvalue weighted by Crippen LogP contribution is -2.52. The molecule has 0 atom stereocenters. The van der Waals surface area contributed by atoms with Crippen LogP contribution < -0.4 is 0 Å². The molecule has 0 aliphatic carbocycles. The van der Waals surface area contributed by atoms with Crippen LogP contribution in [0.4, 0.5) is 0 Å². The van der Waals surface area contributed by atoms with Crippen LogP contribution in [-0.2, 0) is 19.1 Å². The van der Waals surface area contributed by atoms with Gasteiger partial charge in [-0.2, -0.15) is 0 Å². The quantitative estimate of drug-likeness (QED) is 0.661. The summed E-state index contributed by atoms with van der Waals surface area (Å²) in [5.74, 6) is -0.195. The fourth-order valence-corrected chi connectivity index (χ4v) is 2.08. The third-order valence-electron chi connectivity index (χ3n) is 3.41. The summed E-state index contributed by atoms with van der Waals surface area (Å²) in [7, 11) is 1.56. The Bertz CT molecular complexity index is 365. The second-order valence-electron chi connectivity index (χ2n) is 4.82. The maximum Gasteiger partial charge on any atom is 0.242 e. The van der Waals surface area contributed by atoms with Crippen LogP contribution in [-0.4, -0.2) is 85.4 Å². The van der Waals surface area contributed by atoms with E-state index in [1.54, 1.807) is 16.9 Å². The highest BCUT2D eigenvalue weighted by atomic mass is 16.5. The molecule has 1 rings (SSSR count). The number of carbonyl (C=O) groups is 3. The number of rotatable bonds is 5. The van der Waals surface area contributed by atoms with Gasteiger partial charge in [-0.3, -0.25) is 14.4 Å². The number of hydrogen-bond acceptors (Lipinski definition) is 4. The highest BCUT2D eigenvalue weighted by molar-refractivity contribution is 5.84. The topological polar surface area (TPSA) is 70.2 Å². The van der Waals surface area contributed by atoms with Crippen LogP contribution in [0.25, 0.3) is 0 Å². The zero-order valence-corrected chi connectivity index (χ0v) is 12.4. The second-order valence-corrected chi connectivity index (χ2v) is 4.82. The molecule has 0 unspecified atom stereocenters. The average molecular weight is 285 g/mol. The second kappa shape index (κ2) is 7.84. The molecule has 114 valence electrons. The Kier molecular flexibility index (Phi) is 6.44. The van der Waals surface area contributed by atoms with E-state index in [0.29, 0.717) is 39.3 Å². The maximum absolute atomic E-state index is 12.1. The van der Waals surface area contributed by atoms with Crippen LogP contribution in [0.5, 0.6) is 0 Å². The van der Waals surface area contributed by atoms with Crippen molar-refractivity contribution in [1.29, 1.82) is 0 Å². The van der Waals surface area contributed by atoms with E-state index >= 15 is 0 Å². The molecule has 0 radical (unpaired) electrons. The predicted molar refractivity (Wildman–Crippen MR) is 73.0 cm³/mol. The fourth-order valence-electron chi connectivity index (χ4n) is 2.08. The summed E-state index contributed by atoms with van der Waals surface area (Å²) in [5.41, 5.74) is 0. The number of nitrogens with zero attached hydrogens (tertiary/aromatic N) is 3. The lowest BCUT2D eigenvalue weighted by atomic mass is 10.3. The molecule has 0 aromatic rings. The number of methoxy groups -OCH3 is 1. The third kappa shape index (κ3) is 4.80. The van der Waals surface area contributed by atoms with E-state index in [9.17, 15) is 14.4 Å². The number of piperazine rings is 1. The van der Waals surface area contributed by atoms with E-state index in [4.69, 9.17) is 4.74 Å². The zero-order valence-electron chi connectivity index (χ0n) is 12.4. The van der Waals surface area contributed by atoms with Gasteiger partial charge >= 0.3 is 0 Å². The van der Waals surface area contributed by atoms with Crippen molar-refractivity contribution in [3.63, 3.8) is 0 Å². The van der Waals surface area contributed by atoms with Gasteiger partial charge in [-0.15, -0.1) is 0 Å². The molecule has 1 saturated heterocycles. The largest absolute Gasteiger partial charge is 0.383 e. The molecule has 1 aliphatic heterocycles. The summed E-state index contributed by atoms with van der Waals surface area (Å²) in [4.78, 5) is 39.7. The Morgan fingerprint density at radius 3 is 2.05 bits per heavy atom. The molecule has 1 heterocycles. The van der Waals surface area contributed by atoms with Gasteiger partial charge in [-0.25, -0.2) is 0 Å². The van der Waals surface area contributed by atoms with Gasteiger partial charge in [0.15, 0.2) is 0 Å². The Morgan fingerprint density at radius 1 is 1.05 bits per heavy atom. The molecular weight excluding hydrogens is 262 g/mol. The van der Waals surface area contributed by atoms with Crippen molar-refractivity contribution in [2.75, 3.05) is 53.0 Å². The van der Waals surface area contributed by atoms with Crippen molar-refractivity contribution < 1.29 is 19.1 Å². The Labute approximate surface area is 119 Å². The molecule has 0 spiro atoms. The summed E-state index contributed by atoms with van der Waals surface area (Å²) in [5, 5.41) is 0. The van der Waals surface area contributed by atoms with Crippen LogP contribution in [0.15, 0.2) is 0 Å². The molecule has 1 aliphatic rings. The lowest BCUT2D eigenvalue weighted by molar-refractivity contribution is -0.142. The van der Waals surface area contributed by atoms with E-state index in [1.807, 2.05) is 0 Å². The molecule has 0 aromatic carbocycles. The van der Waals surface area contributed by atoms with Gasteiger partial charge in [0, 0.05) is 53.7 Å². The summed E-state index contributed by atoms with van der Waals surface area (Å²) in [6.07, 6.45) is 0. The molecule has 1 fully saturated rings. The van der Waals surface area contributed by atoms with Crippen molar-refractivity contribution in [2.45, 2.75) is 13.8 Å². The number of ether oxygens (including phenoxy) is 1. The van der Waals surface area contributed by atoms with Gasteiger partial charge in [0.05, 0.1) is 13.2 Å². The summed E-state index contributed by atoms with van der Waals surface area (Å²) in [6, 6.07) is 0. The average Bonchev–Trinajstić information content (AvgIpc) is 2.42. The highest BCUT2D eigenvalue weighted by Gasteiger charge is 2.24. The van der Waals surface area contributed by atoms with Crippen molar-refractivity contribution in [3.8, 4) is 0 Å². The summed E-state index contributed by atoms with van der Waals surface area (Å²) < 4.78 is 4.93. The van der Waals surface area contributed by atoms with Crippen molar-refractivity contribution in [3.05, 3.63) is 0 Å². The summed E-state index contributed by atoms with van der Waals surface area (Å²) >= 11 is 0. The van der Waals surface area contributed by atoms with Crippen LogP contribution >= 0.6 is 0 Å². The predicted octanol–water partition coefficient (Wildman–Crippen LogP) is -0.828. The van der Waals surface area contributed by atoms with E-state index in [2.05, 4.69) is 0 Å². The van der Waals surface area contributed by atoms with Crippen molar-refractivity contribution in [1.82, 2.24) is 14.7 Å². The molecule has 0 N–H and O–H groups in total. The number of carbonyl (C=O) groups excluding carboxylic acids is 3. The first-order valence-corrected chi connectivity index (χ1v) is 6.73. The lowest BCUT2D eigenvalue weighted by Gasteiger charge is -2.35. The van der Waals surface area contributed by atoms with Crippen molar-refractivity contribution in [2.24, 2.45) is 0 Å². The molecule has 0 bridgehead atoms. The smallest absolute Gasteiger partial charge is 0.242 e. The molecule has 7 nitrogen and oxygen atoms in total. The van der Waals surface area contributed by atoms with Crippen LogP contribution in [0.2, 0.25) is 0 Å². The molecule has 0 saturated carbocycles. The minimum atomic E-state index is -0.141. The van der Waals surface area contributed by atoms with E-state index in [0.717, 1.165) is 0 Å². The van der Waals surface area contributed by atoms with E-state index < -0.39 is 0 Å². The van der Waals surface area contributed by atoms with Gasteiger partial charge in [0.1, 0.15) is 0 Å². The van der Waals surface area contributed by atoms with Crippen LogP contribution in [0, 0.1) is 0 Å². The van der Waals surface area contributed by atoms with Crippen molar-refractivity contribution >= 4 is 17.7 Å². The molecule has 7 heteroatoms. The Balaban J connectivity index is 2.45. The first-order valence-electron chi connectivity index (χ1n) is 6.73. The van der Waals surface area contributed by atoms with Crippen LogP contribution in [0.3, 0.4) is 0 Å². The molecule has 3 amide bonds.